The molecule has 0 fully saturated rings. The molecule has 1 aliphatic heterocycles. The van der Waals surface area contributed by atoms with E-state index in [0.717, 1.165) is 30.9 Å². The Morgan fingerprint density at radius 1 is 1.21 bits per heavy atom. The van der Waals surface area contributed by atoms with Crippen LogP contribution in [-0.4, -0.2) is 44.3 Å². The zero-order chi connectivity index (χ0) is 17.9. The van der Waals surface area contributed by atoms with E-state index in [2.05, 4.69) is 18.0 Å². The molecule has 0 aliphatic carbocycles. The Bertz CT molecular complexity index is 592. The molecule has 1 aromatic carbocycles. The van der Waals surface area contributed by atoms with E-state index >= 15 is 0 Å². The zero-order valence-electron chi connectivity index (χ0n) is 15.6. The number of esters is 1. The van der Waals surface area contributed by atoms with Gasteiger partial charge in [-0.1, -0.05) is 0 Å². The van der Waals surface area contributed by atoms with Crippen molar-refractivity contribution in [2.75, 3.05) is 27.8 Å². The Hall–Kier alpha value is -1.75. The van der Waals surface area contributed by atoms with Crippen LogP contribution in [0.3, 0.4) is 0 Å². The topological polar surface area (TPSA) is 48.0 Å². The van der Waals surface area contributed by atoms with Crippen LogP contribution in [0.2, 0.25) is 0 Å². The van der Waals surface area contributed by atoms with Gasteiger partial charge in [-0.15, -0.1) is 0 Å². The summed E-state index contributed by atoms with van der Waals surface area (Å²) in [5.41, 5.74) is 2.04. The second-order valence-electron chi connectivity index (χ2n) is 7.28. The van der Waals surface area contributed by atoms with E-state index in [-0.39, 0.29) is 12.0 Å². The van der Waals surface area contributed by atoms with Gasteiger partial charge in [0.15, 0.2) is 11.5 Å². The summed E-state index contributed by atoms with van der Waals surface area (Å²) >= 11 is 0. The highest BCUT2D eigenvalue weighted by Crippen LogP contribution is 2.39. The Kier molecular flexibility index (Phi) is 5.75. The Balaban J connectivity index is 2.18. The van der Waals surface area contributed by atoms with Gasteiger partial charge in [0.05, 0.1) is 14.2 Å². The molecule has 0 aromatic heterocycles. The van der Waals surface area contributed by atoms with Crippen LogP contribution >= 0.6 is 0 Å². The number of rotatable bonds is 5. The monoisotopic (exact) mass is 335 g/mol. The molecule has 1 unspecified atom stereocenters. The van der Waals surface area contributed by atoms with Crippen molar-refractivity contribution in [3.63, 3.8) is 0 Å². The molecule has 1 aromatic rings. The molecule has 5 nitrogen and oxygen atoms in total. The lowest BCUT2D eigenvalue weighted by molar-refractivity contribution is -0.155. The summed E-state index contributed by atoms with van der Waals surface area (Å²) < 4.78 is 16.3. The number of fused-ring (bicyclic) bond motifs is 1. The first-order valence-corrected chi connectivity index (χ1v) is 8.42. The molecule has 0 bridgehead atoms. The number of carbonyl (C=O) groups excluding carboxylic acids is 1. The summed E-state index contributed by atoms with van der Waals surface area (Å²) in [5, 5.41) is 0. The summed E-state index contributed by atoms with van der Waals surface area (Å²) in [5.74, 6) is 1.34. The van der Waals surface area contributed by atoms with Gasteiger partial charge in [-0.05, 0) is 63.9 Å². The Morgan fingerprint density at radius 3 is 2.42 bits per heavy atom. The Morgan fingerprint density at radius 2 is 1.83 bits per heavy atom. The van der Waals surface area contributed by atoms with Gasteiger partial charge >= 0.3 is 5.97 Å². The molecule has 0 spiro atoms. The minimum atomic E-state index is -0.440. The minimum Gasteiger partial charge on any atom is -0.493 e. The van der Waals surface area contributed by atoms with Gasteiger partial charge in [0.2, 0.25) is 0 Å². The standard InChI is InChI=1S/C19H29NO4/c1-19(2,3)24-18(21)8-7-15-14-12-17(23-6)16(22-5)11-13(14)9-10-20(15)4/h11-12,15H,7-10H2,1-6H3. The van der Waals surface area contributed by atoms with Gasteiger partial charge in [-0.3, -0.25) is 9.69 Å². The van der Waals surface area contributed by atoms with Crippen molar-refractivity contribution >= 4 is 5.97 Å². The van der Waals surface area contributed by atoms with E-state index in [1.165, 1.54) is 11.1 Å². The highest BCUT2D eigenvalue weighted by atomic mass is 16.6. The van der Waals surface area contributed by atoms with Crippen molar-refractivity contribution in [3.8, 4) is 11.5 Å². The first-order valence-electron chi connectivity index (χ1n) is 8.42. The molecule has 0 saturated carbocycles. The van der Waals surface area contributed by atoms with Crippen molar-refractivity contribution in [1.82, 2.24) is 4.90 Å². The van der Waals surface area contributed by atoms with Crippen molar-refractivity contribution in [1.29, 1.82) is 0 Å². The van der Waals surface area contributed by atoms with Gasteiger partial charge in [0.25, 0.3) is 0 Å². The molecule has 1 atom stereocenters. The third-order valence-corrected chi connectivity index (χ3v) is 4.31. The molecule has 0 amide bonds. The average Bonchev–Trinajstić information content (AvgIpc) is 2.50. The molecule has 2 rings (SSSR count). The van der Waals surface area contributed by atoms with Gasteiger partial charge in [-0.25, -0.2) is 0 Å². The molecule has 1 heterocycles. The van der Waals surface area contributed by atoms with Crippen LogP contribution in [0, 0.1) is 0 Å². The van der Waals surface area contributed by atoms with Crippen LogP contribution in [0.5, 0.6) is 11.5 Å². The molecule has 134 valence electrons. The molecular formula is C19H29NO4. The van der Waals surface area contributed by atoms with Gasteiger partial charge in [-0.2, -0.15) is 0 Å². The average molecular weight is 335 g/mol. The van der Waals surface area contributed by atoms with Crippen LogP contribution in [0.1, 0.15) is 50.8 Å². The molecule has 5 heteroatoms. The van der Waals surface area contributed by atoms with Crippen LogP contribution in [0.15, 0.2) is 12.1 Å². The van der Waals surface area contributed by atoms with Crippen LogP contribution < -0.4 is 9.47 Å². The van der Waals surface area contributed by atoms with Gasteiger partial charge in [0.1, 0.15) is 5.60 Å². The number of methoxy groups -OCH3 is 2. The SMILES string of the molecule is COc1cc2c(cc1OC)C(CCC(=O)OC(C)(C)C)N(C)CC2. The predicted octanol–water partition coefficient (Wildman–Crippen LogP) is 3.35. The summed E-state index contributed by atoms with van der Waals surface area (Å²) in [6.45, 7) is 6.64. The fraction of sp³-hybridized carbons (Fsp3) is 0.632. The maximum atomic E-state index is 12.1. The number of hydrogen-bond acceptors (Lipinski definition) is 5. The van der Waals surface area contributed by atoms with Crippen molar-refractivity contribution in [2.24, 2.45) is 0 Å². The van der Waals surface area contributed by atoms with E-state index in [4.69, 9.17) is 14.2 Å². The molecular weight excluding hydrogens is 306 g/mol. The van der Waals surface area contributed by atoms with E-state index in [9.17, 15) is 4.79 Å². The third kappa shape index (κ3) is 4.41. The van der Waals surface area contributed by atoms with Gasteiger partial charge < -0.3 is 14.2 Å². The van der Waals surface area contributed by atoms with Crippen LogP contribution in [0.25, 0.3) is 0 Å². The largest absolute Gasteiger partial charge is 0.493 e. The molecule has 0 radical (unpaired) electrons. The quantitative estimate of drug-likeness (QED) is 0.772. The smallest absolute Gasteiger partial charge is 0.306 e. The van der Waals surface area contributed by atoms with Crippen LogP contribution in [-0.2, 0) is 16.0 Å². The minimum absolute atomic E-state index is 0.150. The normalized spacial score (nSPS) is 18.0. The maximum absolute atomic E-state index is 12.1. The lowest BCUT2D eigenvalue weighted by atomic mass is 9.89. The molecule has 0 saturated heterocycles. The second-order valence-corrected chi connectivity index (χ2v) is 7.28. The zero-order valence-corrected chi connectivity index (χ0v) is 15.6. The molecule has 1 aliphatic rings. The lowest BCUT2D eigenvalue weighted by Crippen LogP contribution is -2.33. The number of ether oxygens (including phenoxy) is 3. The Labute approximate surface area is 144 Å². The summed E-state index contributed by atoms with van der Waals surface area (Å²) in [4.78, 5) is 14.3. The van der Waals surface area contributed by atoms with E-state index in [0.29, 0.717) is 6.42 Å². The first kappa shape index (κ1) is 18.6. The summed E-state index contributed by atoms with van der Waals surface area (Å²) in [7, 11) is 5.39. The highest BCUT2D eigenvalue weighted by molar-refractivity contribution is 5.70. The summed E-state index contributed by atoms with van der Waals surface area (Å²) in [6.07, 6.45) is 2.10. The van der Waals surface area contributed by atoms with Crippen molar-refractivity contribution in [2.45, 2.75) is 51.7 Å². The van der Waals surface area contributed by atoms with E-state index in [1.807, 2.05) is 26.8 Å². The fourth-order valence-corrected chi connectivity index (χ4v) is 3.18. The van der Waals surface area contributed by atoms with Crippen molar-refractivity contribution < 1.29 is 19.0 Å². The number of nitrogens with zero attached hydrogens (tertiary/aromatic N) is 1. The number of likely N-dealkylation sites (N-methyl/N-ethyl adjacent to an activating group) is 1. The first-order chi connectivity index (χ1) is 11.2. The van der Waals surface area contributed by atoms with Crippen LogP contribution in [0.4, 0.5) is 0 Å². The predicted molar refractivity (Wildman–Crippen MR) is 93.7 cm³/mol. The van der Waals surface area contributed by atoms with E-state index in [1.54, 1.807) is 14.2 Å². The fourth-order valence-electron chi connectivity index (χ4n) is 3.18. The molecule has 24 heavy (non-hydrogen) atoms. The lowest BCUT2D eigenvalue weighted by Gasteiger charge is -2.35. The van der Waals surface area contributed by atoms with E-state index < -0.39 is 5.60 Å². The highest BCUT2D eigenvalue weighted by Gasteiger charge is 2.28. The second kappa shape index (κ2) is 7.43. The number of benzene rings is 1. The van der Waals surface area contributed by atoms with Gasteiger partial charge in [0, 0.05) is 19.0 Å². The number of hydrogen-bond donors (Lipinski definition) is 0. The molecule has 0 N–H and O–H groups in total. The van der Waals surface area contributed by atoms with Crippen molar-refractivity contribution in [3.05, 3.63) is 23.3 Å². The summed E-state index contributed by atoms with van der Waals surface area (Å²) in [6, 6.07) is 4.28. The maximum Gasteiger partial charge on any atom is 0.306 e. The third-order valence-electron chi connectivity index (χ3n) is 4.31. The number of carbonyl (C=O) groups is 1.